The lowest BCUT2D eigenvalue weighted by Crippen LogP contribution is -2.56. The maximum absolute atomic E-state index is 12.1. The van der Waals surface area contributed by atoms with E-state index < -0.39 is 5.54 Å². The van der Waals surface area contributed by atoms with Gasteiger partial charge in [0.2, 0.25) is 11.8 Å². The van der Waals surface area contributed by atoms with Gasteiger partial charge in [0.25, 0.3) is 0 Å². The Morgan fingerprint density at radius 2 is 2.38 bits per heavy atom. The molecule has 5 nitrogen and oxygen atoms in total. The van der Waals surface area contributed by atoms with Crippen LogP contribution in [0.25, 0.3) is 0 Å². The van der Waals surface area contributed by atoms with E-state index in [0.29, 0.717) is 13.0 Å². The van der Waals surface area contributed by atoms with Crippen LogP contribution in [0.1, 0.15) is 19.3 Å². The Kier molecular flexibility index (Phi) is 2.96. The summed E-state index contributed by atoms with van der Waals surface area (Å²) in [7, 11) is 0. The fraction of sp³-hybridized carbons (Fsp3) is 0.636. The van der Waals surface area contributed by atoms with E-state index in [1.54, 1.807) is 0 Å². The van der Waals surface area contributed by atoms with Gasteiger partial charge in [-0.05, 0) is 25.8 Å². The number of nitrogens with one attached hydrogen (secondary N) is 1. The highest BCUT2D eigenvalue weighted by molar-refractivity contribution is 5.88. The molecule has 16 heavy (non-hydrogen) atoms. The van der Waals surface area contributed by atoms with Gasteiger partial charge in [0.05, 0.1) is 6.54 Å². The summed E-state index contributed by atoms with van der Waals surface area (Å²) in [5.41, 5.74) is 4.68. The number of likely N-dealkylation sites (tertiary alicyclic amines) is 1. The first-order valence-corrected chi connectivity index (χ1v) is 5.62. The summed E-state index contributed by atoms with van der Waals surface area (Å²) in [5.74, 6) is -0.349. The third-order valence-corrected chi connectivity index (χ3v) is 3.40. The van der Waals surface area contributed by atoms with Crippen molar-refractivity contribution >= 4 is 11.8 Å². The number of nitrogens with zero attached hydrogens (tertiary/aromatic N) is 1. The van der Waals surface area contributed by atoms with Gasteiger partial charge in [-0.2, -0.15) is 0 Å². The van der Waals surface area contributed by atoms with E-state index in [1.807, 2.05) is 17.1 Å². The van der Waals surface area contributed by atoms with Crippen molar-refractivity contribution in [1.29, 1.82) is 0 Å². The molecule has 5 heteroatoms. The number of hydrogen-bond acceptors (Lipinski definition) is 3. The first-order chi connectivity index (χ1) is 7.65. The molecule has 2 aliphatic rings. The lowest BCUT2D eigenvalue weighted by molar-refractivity contribution is -0.133. The molecule has 1 saturated heterocycles. The first kappa shape index (κ1) is 11.1. The predicted molar refractivity (Wildman–Crippen MR) is 59.5 cm³/mol. The quantitative estimate of drug-likeness (QED) is 0.613. The van der Waals surface area contributed by atoms with Crippen LogP contribution in [0.2, 0.25) is 0 Å². The van der Waals surface area contributed by atoms with Gasteiger partial charge >= 0.3 is 0 Å². The van der Waals surface area contributed by atoms with Crippen molar-refractivity contribution < 1.29 is 9.59 Å². The summed E-state index contributed by atoms with van der Waals surface area (Å²) in [6, 6.07) is 0. The van der Waals surface area contributed by atoms with E-state index in [0.717, 1.165) is 19.4 Å². The Balaban J connectivity index is 2.22. The van der Waals surface area contributed by atoms with Crippen molar-refractivity contribution in [2.24, 2.45) is 5.73 Å². The van der Waals surface area contributed by atoms with E-state index in [1.165, 1.54) is 0 Å². The molecule has 0 aromatic carbocycles. The number of carbonyl (C=O) groups is 2. The minimum absolute atomic E-state index is 0.0243. The third-order valence-electron chi connectivity index (χ3n) is 3.40. The van der Waals surface area contributed by atoms with E-state index in [4.69, 9.17) is 5.73 Å². The number of nitrogens with two attached hydrogens (primary N) is 1. The van der Waals surface area contributed by atoms with Crippen molar-refractivity contribution in [3.05, 3.63) is 12.2 Å². The first-order valence-electron chi connectivity index (χ1n) is 5.62. The molecule has 0 radical (unpaired) electrons. The Morgan fingerprint density at radius 1 is 1.56 bits per heavy atom. The second-order valence-corrected chi connectivity index (χ2v) is 4.41. The smallest absolute Gasteiger partial charge is 0.241 e. The van der Waals surface area contributed by atoms with Crippen molar-refractivity contribution in [2.45, 2.75) is 24.8 Å². The molecule has 2 rings (SSSR count). The van der Waals surface area contributed by atoms with Crippen molar-refractivity contribution in [2.75, 3.05) is 19.6 Å². The molecule has 88 valence electrons. The van der Waals surface area contributed by atoms with Crippen molar-refractivity contribution in [1.82, 2.24) is 10.2 Å². The van der Waals surface area contributed by atoms with Crippen molar-refractivity contribution in [3.63, 3.8) is 0 Å². The fourth-order valence-corrected chi connectivity index (χ4v) is 2.61. The summed E-state index contributed by atoms with van der Waals surface area (Å²) in [6.45, 7) is 1.51. The molecule has 0 saturated carbocycles. The molecule has 1 fully saturated rings. The Hall–Kier alpha value is -1.36. The maximum Gasteiger partial charge on any atom is 0.241 e. The van der Waals surface area contributed by atoms with Crippen molar-refractivity contribution in [3.8, 4) is 0 Å². The van der Waals surface area contributed by atoms with Crippen LogP contribution in [0.4, 0.5) is 0 Å². The molecule has 1 spiro atoms. The zero-order valence-electron chi connectivity index (χ0n) is 9.24. The highest BCUT2D eigenvalue weighted by Crippen LogP contribution is 2.33. The fourth-order valence-electron chi connectivity index (χ4n) is 2.61. The minimum Gasteiger partial charge on any atom is -0.369 e. The van der Waals surface area contributed by atoms with Gasteiger partial charge in [-0.3, -0.25) is 14.5 Å². The summed E-state index contributed by atoms with van der Waals surface area (Å²) in [6.07, 6.45) is 6.38. The molecule has 2 amide bonds. The normalized spacial score (nSPS) is 30.4. The largest absolute Gasteiger partial charge is 0.369 e. The van der Waals surface area contributed by atoms with Gasteiger partial charge in [-0.15, -0.1) is 0 Å². The predicted octanol–water partition coefficient (Wildman–Crippen LogP) is -0.618. The highest BCUT2D eigenvalue weighted by atomic mass is 16.2. The lowest BCUT2D eigenvalue weighted by atomic mass is 9.91. The molecule has 2 aliphatic heterocycles. The van der Waals surface area contributed by atoms with Crippen LogP contribution in [-0.4, -0.2) is 41.9 Å². The summed E-state index contributed by atoms with van der Waals surface area (Å²) < 4.78 is 0. The number of amides is 2. The Bertz CT molecular complexity index is 340. The zero-order valence-corrected chi connectivity index (χ0v) is 9.24. The topological polar surface area (TPSA) is 75.4 Å². The third kappa shape index (κ3) is 1.82. The molecule has 0 aliphatic carbocycles. The van der Waals surface area contributed by atoms with E-state index in [9.17, 15) is 9.59 Å². The lowest BCUT2D eigenvalue weighted by Gasteiger charge is -2.34. The second-order valence-electron chi connectivity index (χ2n) is 4.41. The molecular weight excluding hydrogens is 206 g/mol. The number of hydrogen-bond donors (Lipinski definition) is 2. The van der Waals surface area contributed by atoms with Gasteiger partial charge in [0.1, 0.15) is 5.54 Å². The van der Waals surface area contributed by atoms with Crippen LogP contribution in [0, 0.1) is 0 Å². The van der Waals surface area contributed by atoms with Gasteiger partial charge in [0, 0.05) is 6.54 Å². The SMILES string of the molecule is NC(=O)CN1CCCC12CC=CCNC2=O. The number of rotatable bonds is 2. The van der Waals surface area contributed by atoms with E-state index >= 15 is 0 Å². The van der Waals surface area contributed by atoms with E-state index in [-0.39, 0.29) is 18.4 Å². The molecule has 0 aromatic rings. The molecule has 0 aromatic heterocycles. The van der Waals surface area contributed by atoms with Gasteiger partial charge in [-0.1, -0.05) is 12.2 Å². The van der Waals surface area contributed by atoms with Crippen LogP contribution in [0.5, 0.6) is 0 Å². The van der Waals surface area contributed by atoms with Crippen LogP contribution >= 0.6 is 0 Å². The van der Waals surface area contributed by atoms with E-state index in [2.05, 4.69) is 5.32 Å². The summed E-state index contributed by atoms with van der Waals surface area (Å²) >= 11 is 0. The minimum atomic E-state index is -0.540. The Labute approximate surface area is 94.7 Å². The van der Waals surface area contributed by atoms with Crippen LogP contribution in [0.3, 0.4) is 0 Å². The average molecular weight is 223 g/mol. The van der Waals surface area contributed by atoms with Crippen LogP contribution in [-0.2, 0) is 9.59 Å². The molecular formula is C11H17N3O2. The maximum atomic E-state index is 12.1. The van der Waals surface area contributed by atoms with Gasteiger partial charge in [0.15, 0.2) is 0 Å². The molecule has 3 N–H and O–H groups in total. The van der Waals surface area contributed by atoms with Gasteiger partial charge in [-0.25, -0.2) is 0 Å². The molecule has 2 heterocycles. The number of primary amides is 1. The molecule has 1 atom stereocenters. The zero-order chi connectivity index (χ0) is 11.6. The monoisotopic (exact) mass is 223 g/mol. The number of carbonyl (C=O) groups excluding carboxylic acids is 2. The standard InChI is InChI=1S/C11H17N3O2/c12-9(15)8-14-7-3-5-11(14)4-1-2-6-13-10(11)16/h1-2H,3-8H2,(H2,12,15)(H,13,16). The van der Waals surface area contributed by atoms with Gasteiger partial charge < -0.3 is 11.1 Å². The average Bonchev–Trinajstić information content (AvgIpc) is 2.50. The molecule has 1 unspecified atom stereocenters. The van der Waals surface area contributed by atoms with Crippen LogP contribution in [0.15, 0.2) is 12.2 Å². The highest BCUT2D eigenvalue weighted by Gasteiger charge is 2.46. The van der Waals surface area contributed by atoms with Crippen LogP contribution < -0.4 is 11.1 Å². The summed E-state index contributed by atoms with van der Waals surface area (Å²) in [5, 5.41) is 2.86. The Morgan fingerprint density at radius 3 is 3.12 bits per heavy atom. The summed E-state index contributed by atoms with van der Waals surface area (Å²) in [4.78, 5) is 25.0. The molecule has 0 bridgehead atoms. The second kappa shape index (κ2) is 4.25.